The van der Waals surface area contributed by atoms with E-state index in [0.29, 0.717) is 30.0 Å². The number of fused-ring (bicyclic) bond motifs is 1. The summed E-state index contributed by atoms with van der Waals surface area (Å²) in [7, 11) is 0. The summed E-state index contributed by atoms with van der Waals surface area (Å²) in [5.74, 6) is 1.51. The van der Waals surface area contributed by atoms with E-state index in [0.717, 1.165) is 17.0 Å². The molecule has 0 atom stereocenters. The van der Waals surface area contributed by atoms with Crippen LogP contribution in [0.2, 0.25) is 0 Å². The summed E-state index contributed by atoms with van der Waals surface area (Å²) in [6.07, 6.45) is 5.88. The first-order chi connectivity index (χ1) is 11.8. The first-order valence-electron chi connectivity index (χ1n) is 7.61. The molecule has 0 bridgehead atoms. The van der Waals surface area contributed by atoms with Gasteiger partial charge in [0.25, 0.3) is 0 Å². The molecule has 4 aromatic rings. The number of hydrogen-bond acceptors (Lipinski definition) is 6. The molecule has 0 aliphatic heterocycles. The molecule has 0 amide bonds. The van der Waals surface area contributed by atoms with Gasteiger partial charge in [-0.1, -0.05) is 5.21 Å². The van der Waals surface area contributed by atoms with Gasteiger partial charge in [-0.25, -0.2) is 9.97 Å². The number of rotatable bonds is 5. The van der Waals surface area contributed by atoms with E-state index in [1.807, 2.05) is 37.4 Å². The maximum absolute atomic E-state index is 5.46. The van der Waals surface area contributed by atoms with Crippen LogP contribution in [0.4, 0.5) is 0 Å². The highest BCUT2D eigenvalue weighted by molar-refractivity contribution is 5.70. The standard InChI is InChI=1S/C16H15N7O/c1-2-24-13-5-3-12(4-6-13)23-16-14(21-22-23)10-17-15(20-16)7-11-8-18-19-9-11/h3-6,8-10H,2,7H2,1H3,(H,18,19). The molecule has 4 rings (SSSR count). The number of H-pyrrole nitrogens is 1. The van der Waals surface area contributed by atoms with Crippen LogP contribution in [0.25, 0.3) is 16.9 Å². The molecule has 0 spiro atoms. The van der Waals surface area contributed by atoms with Gasteiger partial charge >= 0.3 is 0 Å². The summed E-state index contributed by atoms with van der Waals surface area (Å²) in [5, 5.41) is 15.0. The van der Waals surface area contributed by atoms with E-state index in [1.165, 1.54) is 0 Å². The maximum Gasteiger partial charge on any atom is 0.187 e. The van der Waals surface area contributed by atoms with Crippen LogP contribution < -0.4 is 4.74 Å². The molecule has 3 heterocycles. The van der Waals surface area contributed by atoms with E-state index in [-0.39, 0.29) is 0 Å². The van der Waals surface area contributed by atoms with Crippen molar-refractivity contribution in [3.8, 4) is 11.4 Å². The van der Waals surface area contributed by atoms with Gasteiger partial charge in [0.1, 0.15) is 11.6 Å². The Morgan fingerprint density at radius 1 is 1.17 bits per heavy atom. The molecule has 0 aliphatic rings. The first-order valence-corrected chi connectivity index (χ1v) is 7.61. The molecule has 24 heavy (non-hydrogen) atoms. The monoisotopic (exact) mass is 321 g/mol. The smallest absolute Gasteiger partial charge is 0.187 e. The van der Waals surface area contributed by atoms with Gasteiger partial charge in [-0.15, -0.1) is 5.10 Å². The molecule has 8 nitrogen and oxygen atoms in total. The van der Waals surface area contributed by atoms with Crippen molar-refractivity contribution in [2.75, 3.05) is 6.61 Å². The fourth-order valence-electron chi connectivity index (χ4n) is 2.43. The first kappa shape index (κ1) is 14.3. The van der Waals surface area contributed by atoms with Crippen molar-refractivity contribution in [2.45, 2.75) is 13.3 Å². The average molecular weight is 321 g/mol. The molecule has 0 unspecified atom stereocenters. The predicted octanol–water partition coefficient (Wildman–Crippen LogP) is 1.92. The SMILES string of the molecule is CCOc1ccc(-n2nnc3cnc(Cc4cn[nH]c4)nc32)cc1. The second kappa shape index (κ2) is 6.07. The Morgan fingerprint density at radius 2 is 2.04 bits per heavy atom. The third kappa shape index (κ3) is 2.69. The minimum absolute atomic E-state index is 0.598. The van der Waals surface area contributed by atoms with Crippen molar-refractivity contribution in [2.24, 2.45) is 0 Å². The van der Waals surface area contributed by atoms with Crippen LogP contribution in [0.5, 0.6) is 5.75 Å². The number of aromatic nitrogens is 7. The lowest BCUT2D eigenvalue weighted by atomic mass is 10.2. The molecule has 1 aromatic carbocycles. The van der Waals surface area contributed by atoms with Gasteiger partial charge in [-0.3, -0.25) is 5.10 Å². The van der Waals surface area contributed by atoms with Gasteiger partial charge in [0.15, 0.2) is 11.2 Å². The summed E-state index contributed by atoms with van der Waals surface area (Å²) in [5.41, 5.74) is 3.22. The van der Waals surface area contributed by atoms with Crippen LogP contribution >= 0.6 is 0 Å². The molecule has 1 N–H and O–H groups in total. The van der Waals surface area contributed by atoms with Crippen LogP contribution in [0, 0.1) is 0 Å². The van der Waals surface area contributed by atoms with E-state index >= 15 is 0 Å². The second-order valence-electron chi connectivity index (χ2n) is 5.21. The van der Waals surface area contributed by atoms with Crippen molar-refractivity contribution in [3.05, 3.63) is 54.2 Å². The molecule has 120 valence electrons. The molecular formula is C16H15N7O. The summed E-state index contributed by atoms with van der Waals surface area (Å²) in [6.45, 7) is 2.59. The van der Waals surface area contributed by atoms with Gasteiger partial charge in [0.05, 0.1) is 24.7 Å². The van der Waals surface area contributed by atoms with Crippen LogP contribution in [0.1, 0.15) is 18.3 Å². The lowest BCUT2D eigenvalue weighted by Gasteiger charge is -2.05. The van der Waals surface area contributed by atoms with E-state index in [1.54, 1.807) is 17.1 Å². The number of nitrogens with one attached hydrogen (secondary N) is 1. The minimum Gasteiger partial charge on any atom is -0.494 e. The number of benzene rings is 1. The summed E-state index contributed by atoms with van der Waals surface area (Å²) in [4.78, 5) is 8.94. The number of aromatic amines is 1. The van der Waals surface area contributed by atoms with Gasteiger partial charge in [-0.2, -0.15) is 9.78 Å². The highest BCUT2D eigenvalue weighted by atomic mass is 16.5. The summed E-state index contributed by atoms with van der Waals surface area (Å²) >= 11 is 0. The van der Waals surface area contributed by atoms with E-state index in [9.17, 15) is 0 Å². The number of hydrogen-bond donors (Lipinski definition) is 1. The molecule has 0 radical (unpaired) electrons. The van der Waals surface area contributed by atoms with Crippen molar-refractivity contribution in [3.63, 3.8) is 0 Å². The largest absolute Gasteiger partial charge is 0.494 e. The van der Waals surface area contributed by atoms with Crippen LogP contribution in [-0.4, -0.2) is 41.8 Å². The zero-order valence-corrected chi connectivity index (χ0v) is 13.0. The maximum atomic E-state index is 5.46. The average Bonchev–Trinajstić information content (AvgIpc) is 3.25. The van der Waals surface area contributed by atoms with Gasteiger partial charge < -0.3 is 4.74 Å². The fraction of sp³-hybridized carbons (Fsp3) is 0.188. The third-order valence-electron chi connectivity index (χ3n) is 3.55. The highest BCUT2D eigenvalue weighted by Crippen LogP contribution is 2.18. The Hall–Kier alpha value is -3.29. The number of nitrogens with zero attached hydrogens (tertiary/aromatic N) is 6. The Morgan fingerprint density at radius 3 is 2.79 bits per heavy atom. The highest BCUT2D eigenvalue weighted by Gasteiger charge is 2.11. The van der Waals surface area contributed by atoms with E-state index < -0.39 is 0 Å². The topological polar surface area (TPSA) is 94.4 Å². The molecule has 3 aromatic heterocycles. The molecule has 0 aliphatic carbocycles. The zero-order chi connectivity index (χ0) is 16.4. The lowest BCUT2D eigenvalue weighted by Crippen LogP contribution is -2.01. The molecular weight excluding hydrogens is 306 g/mol. The van der Waals surface area contributed by atoms with E-state index in [2.05, 4.69) is 30.5 Å². The minimum atomic E-state index is 0.598. The summed E-state index contributed by atoms with van der Waals surface area (Å²) < 4.78 is 7.16. The Kier molecular flexibility index (Phi) is 3.62. The van der Waals surface area contributed by atoms with Crippen LogP contribution in [0.15, 0.2) is 42.9 Å². The van der Waals surface area contributed by atoms with Gasteiger partial charge in [0.2, 0.25) is 0 Å². The Bertz CT molecular complexity index is 944. The third-order valence-corrected chi connectivity index (χ3v) is 3.55. The molecule has 0 saturated carbocycles. The second-order valence-corrected chi connectivity index (χ2v) is 5.21. The van der Waals surface area contributed by atoms with Crippen LogP contribution in [0.3, 0.4) is 0 Å². The fourth-order valence-corrected chi connectivity index (χ4v) is 2.43. The van der Waals surface area contributed by atoms with Crippen molar-refractivity contribution < 1.29 is 4.74 Å². The van der Waals surface area contributed by atoms with Gasteiger partial charge in [0, 0.05) is 12.6 Å². The Balaban J connectivity index is 1.70. The summed E-state index contributed by atoms with van der Waals surface area (Å²) in [6, 6.07) is 7.66. The molecule has 0 saturated heterocycles. The normalized spacial score (nSPS) is 11.0. The van der Waals surface area contributed by atoms with Gasteiger partial charge in [-0.05, 0) is 36.8 Å². The molecule has 8 heteroatoms. The van der Waals surface area contributed by atoms with Crippen molar-refractivity contribution >= 4 is 11.2 Å². The van der Waals surface area contributed by atoms with E-state index in [4.69, 9.17) is 4.74 Å². The van der Waals surface area contributed by atoms with Crippen molar-refractivity contribution in [1.82, 2.24) is 35.2 Å². The zero-order valence-electron chi connectivity index (χ0n) is 13.0. The Labute approximate surface area is 137 Å². The predicted molar refractivity (Wildman–Crippen MR) is 87.0 cm³/mol. The number of ether oxygens (including phenoxy) is 1. The molecule has 0 fully saturated rings. The van der Waals surface area contributed by atoms with Crippen LogP contribution in [-0.2, 0) is 6.42 Å². The lowest BCUT2D eigenvalue weighted by molar-refractivity contribution is 0.340. The quantitative estimate of drug-likeness (QED) is 0.603. The van der Waals surface area contributed by atoms with Crippen molar-refractivity contribution in [1.29, 1.82) is 0 Å².